The van der Waals surface area contributed by atoms with Crippen LogP contribution in [0.5, 0.6) is 5.75 Å². The monoisotopic (exact) mass is 365 g/mol. The van der Waals surface area contributed by atoms with Gasteiger partial charge >= 0.3 is 12.3 Å². The Morgan fingerprint density at radius 3 is 2.38 bits per heavy atom. The van der Waals surface area contributed by atoms with Crippen molar-refractivity contribution in [1.82, 2.24) is 4.90 Å². The molecule has 0 aliphatic rings. The molecule has 1 amide bonds. The number of rotatable bonds is 5. The molecule has 2 aromatic rings. The molecule has 4 nitrogen and oxygen atoms in total. The number of amides is 1. The number of nitrogens with zero attached hydrogens (tertiary/aromatic N) is 1. The van der Waals surface area contributed by atoms with Crippen molar-refractivity contribution < 1.29 is 27.5 Å². The Morgan fingerprint density at radius 2 is 1.73 bits per heavy atom. The van der Waals surface area contributed by atoms with Gasteiger partial charge in [-0.25, -0.2) is 4.79 Å². The van der Waals surface area contributed by atoms with Crippen molar-refractivity contribution in [3.8, 4) is 5.75 Å². The number of ether oxygens (including phenoxy) is 1. The van der Waals surface area contributed by atoms with Crippen LogP contribution in [0.2, 0.25) is 0 Å². The Balaban J connectivity index is 2.09. The van der Waals surface area contributed by atoms with E-state index >= 15 is 0 Å². The molecular weight excluding hydrogens is 347 g/mol. The maximum Gasteiger partial charge on any atom is 0.416 e. The summed E-state index contributed by atoms with van der Waals surface area (Å²) in [7, 11) is 3.05. The van der Waals surface area contributed by atoms with Gasteiger partial charge in [0.15, 0.2) is 5.78 Å². The molecule has 26 heavy (non-hydrogen) atoms. The molecule has 0 radical (unpaired) electrons. The number of hydrogen-bond donors (Lipinski definition) is 0. The summed E-state index contributed by atoms with van der Waals surface area (Å²) in [5, 5.41) is 0. The summed E-state index contributed by atoms with van der Waals surface area (Å²) < 4.78 is 44.1. The van der Waals surface area contributed by atoms with Crippen molar-refractivity contribution in [3.05, 3.63) is 65.2 Å². The lowest BCUT2D eigenvalue weighted by Crippen LogP contribution is -2.25. The third-order valence-electron chi connectivity index (χ3n) is 3.67. The molecule has 0 aliphatic heterocycles. The first kappa shape index (κ1) is 19.5. The number of Topliss-reactive ketones (excluding diaryl/α,β-unsaturated/α-hetero) is 1. The summed E-state index contributed by atoms with van der Waals surface area (Å²) in [6, 6.07) is 11.2. The maximum absolute atomic E-state index is 13.0. The predicted molar refractivity (Wildman–Crippen MR) is 90.2 cm³/mol. The lowest BCUT2D eigenvalue weighted by atomic mass is 9.98. The molecule has 138 valence electrons. The lowest BCUT2D eigenvalue weighted by Gasteiger charge is -2.13. The normalized spacial score (nSPS) is 11.1. The molecule has 0 atom stereocenters. The number of ketones is 1. The Morgan fingerprint density at radius 1 is 1.04 bits per heavy atom. The zero-order valence-electron chi connectivity index (χ0n) is 14.3. The van der Waals surface area contributed by atoms with Crippen molar-refractivity contribution in [2.75, 3.05) is 14.1 Å². The smallest absolute Gasteiger partial charge is 0.410 e. The van der Waals surface area contributed by atoms with E-state index in [9.17, 15) is 22.8 Å². The predicted octanol–water partition coefficient (Wildman–Crippen LogP) is 4.58. The van der Waals surface area contributed by atoms with Gasteiger partial charge in [-0.2, -0.15) is 13.2 Å². The van der Waals surface area contributed by atoms with Gasteiger partial charge in [-0.15, -0.1) is 0 Å². The fourth-order valence-corrected chi connectivity index (χ4v) is 2.33. The first-order valence-electron chi connectivity index (χ1n) is 7.86. The molecule has 7 heteroatoms. The highest BCUT2D eigenvalue weighted by Crippen LogP contribution is 2.32. The average molecular weight is 365 g/mol. The summed E-state index contributed by atoms with van der Waals surface area (Å²) in [6.45, 7) is 0. The first-order chi connectivity index (χ1) is 12.2. The van der Waals surface area contributed by atoms with Gasteiger partial charge in [-0.05, 0) is 30.2 Å². The highest BCUT2D eigenvalue weighted by molar-refractivity contribution is 5.96. The van der Waals surface area contributed by atoms with Crippen LogP contribution in [0.3, 0.4) is 0 Å². The number of hydrogen-bond acceptors (Lipinski definition) is 3. The minimum absolute atomic E-state index is 0.0315. The third kappa shape index (κ3) is 5.08. The molecule has 2 aromatic carbocycles. The number of halogens is 3. The average Bonchev–Trinajstić information content (AvgIpc) is 2.59. The number of carbonyl (C=O) groups excluding carboxylic acids is 2. The molecule has 0 N–H and O–H groups in total. The Bertz CT molecular complexity index is 801. The van der Waals surface area contributed by atoms with Crippen LogP contribution in [0, 0.1) is 0 Å². The van der Waals surface area contributed by atoms with Crippen molar-refractivity contribution in [1.29, 1.82) is 0 Å². The number of carbonyl (C=O) groups is 2. The fourth-order valence-electron chi connectivity index (χ4n) is 2.33. The second-order valence-corrected chi connectivity index (χ2v) is 5.87. The molecule has 0 unspecified atom stereocenters. The van der Waals surface area contributed by atoms with Crippen LogP contribution < -0.4 is 4.74 Å². The highest BCUT2D eigenvalue weighted by Gasteiger charge is 2.32. The molecule has 0 bridgehead atoms. The van der Waals surface area contributed by atoms with Crippen LogP contribution in [-0.2, 0) is 12.6 Å². The number of aryl methyl sites for hydroxylation is 1. The van der Waals surface area contributed by atoms with Gasteiger partial charge in [0.2, 0.25) is 0 Å². The molecule has 0 saturated carbocycles. The van der Waals surface area contributed by atoms with Crippen LogP contribution in [0.15, 0.2) is 48.5 Å². The van der Waals surface area contributed by atoms with Gasteiger partial charge in [0.25, 0.3) is 0 Å². The Hall–Kier alpha value is -2.83. The number of benzene rings is 2. The Kier molecular flexibility index (Phi) is 6.02. The molecule has 0 fully saturated rings. The maximum atomic E-state index is 13.0. The molecule has 0 saturated heterocycles. The summed E-state index contributed by atoms with van der Waals surface area (Å²) in [5.41, 5.74) is -0.386. The summed E-state index contributed by atoms with van der Waals surface area (Å²) >= 11 is 0. The number of alkyl halides is 3. The van der Waals surface area contributed by atoms with Crippen LogP contribution in [0.1, 0.15) is 27.9 Å². The molecule has 2 rings (SSSR count). The Labute approximate surface area is 149 Å². The first-order valence-corrected chi connectivity index (χ1v) is 7.86. The molecular formula is C19H18F3NO3. The largest absolute Gasteiger partial charge is 0.416 e. The van der Waals surface area contributed by atoms with E-state index < -0.39 is 17.8 Å². The van der Waals surface area contributed by atoms with E-state index in [1.54, 1.807) is 6.07 Å². The zero-order chi connectivity index (χ0) is 19.3. The minimum Gasteiger partial charge on any atom is -0.410 e. The zero-order valence-corrected chi connectivity index (χ0v) is 14.3. The van der Waals surface area contributed by atoms with E-state index in [1.807, 2.05) is 0 Å². The fraction of sp³-hybridized carbons (Fsp3) is 0.263. The van der Waals surface area contributed by atoms with E-state index in [2.05, 4.69) is 0 Å². The van der Waals surface area contributed by atoms with E-state index in [-0.39, 0.29) is 35.5 Å². The van der Waals surface area contributed by atoms with Gasteiger partial charge in [0.05, 0.1) is 5.56 Å². The topological polar surface area (TPSA) is 46.6 Å². The van der Waals surface area contributed by atoms with Crippen molar-refractivity contribution in [2.45, 2.75) is 19.0 Å². The van der Waals surface area contributed by atoms with Crippen molar-refractivity contribution in [2.24, 2.45) is 0 Å². The van der Waals surface area contributed by atoms with Gasteiger partial charge < -0.3 is 9.64 Å². The minimum atomic E-state index is -4.46. The molecule has 0 heterocycles. The third-order valence-corrected chi connectivity index (χ3v) is 3.67. The second-order valence-electron chi connectivity index (χ2n) is 5.87. The van der Waals surface area contributed by atoms with E-state index in [0.29, 0.717) is 0 Å². The highest BCUT2D eigenvalue weighted by atomic mass is 19.4. The van der Waals surface area contributed by atoms with E-state index in [1.165, 1.54) is 55.4 Å². The SMILES string of the molecule is CN(C)C(=O)Oc1cccc(C(=O)CCc2ccccc2C(F)(F)F)c1. The molecule has 0 aliphatic carbocycles. The van der Waals surface area contributed by atoms with Crippen LogP contribution in [0.4, 0.5) is 18.0 Å². The quantitative estimate of drug-likeness (QED) is 0.729. The van der Waals surface area contributed by atoms with E-state index in [0.717, 1.165) is 6.07 Å². The standard InChI is InChI=1S/C19H18F3NO3/c1-23(2)18(25)26-15-8-5-7-14(12-15)17(24)11-10-13-6-3-4-9-16(13)19(20,21)22/h3-9,12H,10-11H2,1-2H3. The molecule has 0 spiro atoms. The van der Waals surface area contributed by atoms with Crippen LogP contribution in [0.25, 0.3) is 0 Å². The van der Waals surface area contributed by atoms with Gasteiger partial charge in [-0.3, -0.25) is 4.79 Å². The lowest BCUT2D eigenvalue weighted by molar-refractivity contribution is -0.138. The summed E-state index contributed by atoms with van der Waals surface area (Å²) in [6.07, 6.45) is -5.16. The van der Waals surface area contributed by atoms with Crippen LogP contribution in [-0.4, -0.2) is 30.9 Å². The van der Waals surface area contributed by atoms with Gasteiger partial charge in [-0.1, -0.05) is 30.3 Å². The van der Waals surface area contributed by atoms with E-state index in [4.69, 9.17) is 4.74 Å². The summed E-state index contributed by atoms with van der Waals surface area (Å²) in [5.74, 6) is -0.130. The van der Waals surface area contributed by atoms with Crippen LogP contribution >= 0.6 is 0 Å². The van der Waals surface area contributed by atoms with Gasteiger partial charge in [0.1, 0.15) is 5.75 Å². The second kappa shape index (κ2) is 8.03. The summed E-state index contributed by atoms with van der Waals surface area (Å²) in [4.78, 5) is 25.1. The molecule has 0 aromatic heterocycles. The van der Waals surface area contributed by atoms with Crippen molar-refractivity contribution in [3.63, 3.8) is 0 Å². The van der Waals surface area contributed by atoms with Gasteiger partial charge in [0, 0.05) is 26.1 Å². The van der Waals surface area contributed by atoms with Crippen molar-refractivity contribution >= 4 is 11.9 Å².